The number of ether oxygens (including phenoxy) is 1. The Hall–Kier alpha value is -2.07. The van der Waals surface area contributed by atoms with Crippen LogP contribution in [0.2, 0.25) is 0 Å². The van der Waals surface area contributed by atoms with Crippen molar-refractivity contribution >= 4 is 10.0 Å². The molecule has 0 fully saturated rings. The van der Waals surface area contributed by atoms with Crippen molar-refractivity contribution in [1.82, 2.24) is 9.88 Å². The summed E-state index contributed by atoms with van der Waals surface area (Å²) in [5.41, 5.74) is 0.683. The minimum absolute atomic E-state index is 0.0672. The van der Waals surface area contributed by atoms with E-state index in [4.69, 9.17) is 4.52 Å². The topological polar surface area (TPSA) is 81.4 Å². The van der Waals surface area contributed by atoms with Crippen LogP contribution < -0.4 is 9.46 Å². The molecule has 2 aromatic rings. The summed E-state index contributed by atoms with van der Waals surface area (Å²) >= 11 is 0. The van der Waals surface area contributed by atoms with E-state index < -0.39 is 22.1 Å². The first-order chi connectivity index (χ1) is 10.7. The van der Waals surface area contributed by atoms with Gasteiger partial charge in [0.25, 0.3) is 0 Å². The Balaban J connectivity index is 1.96. The largest absolute Gasteiger partial charge is 0.573 e. The van der Waals surface area contributed by atoms with Gasteiger partial charge in [0, 0.05) is 19.0 Å². The van der Waals surface area contributed by atoms with Gasteiger partial charge in [0.2, 0.25) is 10.0 Å². The maximum absolute atomic E-state index is 12.0. The highest BCUT2D eigenvalue weighted by molar-refractivity contribution is 7.89. The Bertz CT molecular complexity index is 754. The molecule has 0 saturated carbocycles. The summed E-state index contributed by atoms with van der Waals surface area (Å²) in [7, 11) is -3.83. The van der Waals surface area contributed by atoms with Gasteiger partial charge < -0.3 is 9.26 Å². The zero-order chi connectivity index (χ0) is 17.1. The van der Waals surface area contributed by atoms with E-state index in [2.05, 4.69) is 14.6 Å². The van der Waals surface area contributed by atoms with Gasteiger partial charge in [-0.3, -0.25) is 0 Å². The third kappa shape index (κ3) is 5.25. The average Bonchev–Trinajstić information content (AvgIpc) is 2.83. The van der Waals surface area contributed by atoms with Gasteiger partial charge in [-0.25, -0.2) is 13.1 Å². The molecule has 0 atom stereocenters. The zero-order valence-corrected chi connectivity index (χ0v) is 12.7. The van der Waals surface area contributed by atoms with Gasteiger partial charge in [0.05, 0.1) is 10.6 Å². The Morgan fingerprint density at radius 1 is 1.26 bits per heavy atom. The maximum atomic E-state index is 12.0. The highest BCUT2D eigenvalue weighted by atomic mass is 32.2. The molecule has 0 aliphatic carbocycles. The fourth-order valence-electron chi connectivity index (χ4n) is 1.75. The second kappa shape index (κ2) is 6.59. The van der Waals surface area contributed by atoms with Crippen molar-refractivity contribution in [3.63, 3.8) is 0 Å². The number of hydrogen-bond donors (Lipinski definition) is 1. The van der Waals surface area contributed by atoms with E-state index >= 15 is 0 Å². The highest BCUT2D eigenvalue weighted by Gasteiger charge is 2.31. The molecule has 1 heterocycles. The van der Waals surface area contributed by atoms with Crippen molar-refractivity contribution in [2.45, 2.75) is 24.6 Å². The molecule has 10 heteroatoms. The number of halogens is 3. The number of aromatic nitrogens is 1. The summed E-state index contributed by atoms with van der Waals surface area (Å²) < 4.78 is 71.1. The molecule has 0 aliphatic rings. The summed E-state index contributed by atoms with van der Waals surface area (Å²) in [5, 5.41) is 3.67. The summed E-state index contributed by atoms with van der Waals surface area (Å²) in [4.78, 5) is -0.166. The molecule has 1 N–H and O–H groups in total. The number of alkyl halides is 3. The van der Waals surface area contributed by atoms with Gasteiger partial charge >= 0.3 is 6.36 Å². The molecule has 2 rings (SSSR count). The van der Waals surface area contributed by atoms with Crippen LogP contribution in [0.1, 0.15) is 11.5 Å². The van der Waals surface area contributed by atoms with Crippen LogP contribution in [0.25, 0.3) is 0 Å². The van der Waals surface area contributed by atoms with Crippen LogP contribution >= 0.6 is 0 Å². The van der Waals surface area contributed by atoms with E-state index in [0.29, 0.717) is 17.9 Å². The number of benzene rings is 1. The zero-order valence-electron chi connectivity index (χ0n) is 11.9. The SMILES string of the molecule is Cc1cc(CCNS(=O)(=O)c2ccc(OC(F)(F)F)cc2)on1. The number of rotatable bonds is 6. The first kappa shape index (κ1) is 17.3. The van der Waals surface area contributed by atoms with Crippen LogP contribution in [0.5, 0.6) is 5.75 Å². The van der Waals surface area contributed by atoms with E-state index in [-0.39, 0.29) is 11.4 Å². The Morgan fingerprint density at radius 3 is 2.43 bits per heavy atom. The number of nitrogens with one attached hydrogen (secondary N) is 1. The Labute approximate surface area is 130 Å². The second-order valence-corrected chi connectivity index (χ2v) is 6.37. The molecule has 0 radical (unpaired) electrons. The van der Waals surface area contributed by atoms with E-state index in [1.807, 2.05) is 0 Å². The summed E-state index contributed by atoms with van der Waals surface area (Å²) in [5.74, 6) is 0.0349. The van der Waals surface area contributed by atoms with Gasteiger partial charge in [0.1, 0.15) is 11.5 Å². The maximum Gasteiger partial charge on any atom is 0.573 e. The van der Waals surface area contributed by atoms with Crippen molar-refractivity contribution < 1.29 is 30.8 Å². The molecule has 23 heavy (non-hydrogen) atoms. The lowest BCUT2D eigenvalue weighted by Crippen LogP contribution is -2.26. The van der Waals surface area contributed by atoms with Crippen molar-refractivity contribution in [3.05, 3.63) is 41.8 Å². The highest BCUT2D eigenvalue weighted by Crippen LogP contribution is 2.23. The van der Waals surface area contributed by atoms with Crippen LogP contribution in [-0.2, 0) is 16.4 Å². The first-order valence-electron chi connectivity index (χ1n) is 6.43. The molecule has 0 spiro atoms. The minimum atomic E-state index is -4.83. The summed E-state index contributed by atoms with van der Waals surface area (Å²) in [6.07, 6.45) is -4.52. The van der Waals surface area contributed by atoms with Crippen LogP contribution in [-0.4, -0.2) is 26.5 Å². The molecule has 126 valence electrons. The number of hydrogen-bond acceptors (Lipinski definition) is 5. The van der Waals surface area contributed by atoms with E-state index in [0.717, 1.165) is 24.3 Å². The van der Waals surface area contributed by atoms with Gasteiger partial charge in [-0.15, -0.1) is 13.2 Å². The quantitative estimate of drug-likeness (QED) is 0.865. The van der Waals surface area contributed by atoms with Crippen molar-refractivity contribution in [1.29, 1.82) is 0 Å². The lowest BCUT2D eigenvalue weighted by Gasteiger charge is -2.10. The molecule has 6 nitrogen and oxygen atoms in total. The minimum Gasteiger partial charge on any atom is -0.406 e. The van der Waals surface area contributed by atoms with Crippen molar-refractivity contribution in [2.75, 3.05) is 6.54 Å². The fourth-order valence-corrected chi connectivity index (χ4v) is 2.78. The fraction of sp³-hybridized carbons (Fsp3) is 0.308. The number of sulfonamides is 1. The Kier molecular flexibility index (Phi) is 4.95. The third-order valence-corrected chi connectivity index (χ3v) is 4.18. The van der Waals surface area contributed by atoms with Gasteiger partial charge in [-0.05, 0) is 31.2 Å². The van der Waals surface area contributed by atoms with Gasteiger partial charge in [-0.1, -0.05) is 5.16 Å². The van der Waals surface area contributed by atoms with Crippen LogP contribution in [0.3, 0.4) is 0 Å². The molecular formula is C13H13F3N2O4S. The smallest absolute Gasteiger partial charge is 0.406 e. The van der Waals surface area contributed by atoms with E-state index in [9.17, 15) is 21.6 Å². The molecule has 0 amide bonds. The molecule has 1 aromatic carbocycles. The Morgan fingerprint density at radius 2 is 1.91 bits per heavy atom. The summed E-state index contributed by atoms with van der Waals surface area (Å²) in [6, 6.07) is 5.60. The van der Waals surface area contributed by atoms with Gasteiger partial charge in [-0.2, -0.15) is 0 Å². The lowest BCUT2D eigenvalue weighted by molar-refractivity contribution is -0.274. The standard InChI is InChI=1S/C13H13F3N2O4S/c1-9-8-11(22-18-9)6-7-17-23(19,20)12-4-2-10(3-5-12)21-13(14,15)16/h2-5,8,17H,6-7H2,1H3. The summed E-state index contributed by atoms with van der Waals surface area (Å²) in [6.45, 7) is 1.81. The van der Waals surface area contributed by atoms with Crippen molar-refractivity contribution in [3.8, 4) is 5.75 Å². The van der Waals surface area contributed by atoms with Crippen LogP contribution in [0.15, 0.2) is 39.8 Å². The lowest BCUT2D eigenvalue weighted by atomic mass is 10.3. The van der Waals surface area contributed by atoms with Crippen molar-refractivity contribution in [2.24, 2.45) is 0 Å². The van der Waals surface area contributed by atoms with E-state index in [1.165, 1.54) is 0 Å². The molecule has 0 saturated heterocycles. The predicted octanol–water partition coefficient (Wildman–Crippen LogP) is 2.40. The molecule has 0 bridgehead atoms. The molecule has 0 aliphatic heterocycles. The predicted molar refractivity (Wildman–Crippen MR) is 73.3 cm³/mol. The van der Waals surface area contributed by atoms with Crippen LogP contribution in [0.4, 0.5) is 13.2 Å². The second-order valence-electron chi connectivity index (χ2n) is 4.60. The first-order valence-corrected chi connectivity index (χ1v) is 7.92. The molecule has 1 aromatic heterocycles. The van der Waals surface area contributed by atoms with Gasteiger partial charge in [0.15, 0.2) is 0 Å². The monoisotopic (exact) mass is 350 g/mol. The number of nitrogens with zero attached hydrogens (tertiary/aromatic N) is 1. The number of aryl methyl sites for hydroxylation is 1. The third-order valence-electron chi connectivity index (χ3n) is 2.71. The normalized spacial score (nSPS) is 12.3. The molecular weight excluding hydrogens is 337 g/mol. The molecule has 0 unspecified atom stereocenters. The van der Waals surface area contributed by atoms with E-state index in [1.54, 1.807) is 13.0 Å². The van der Waals surface area contributed by atoms with Crippen LogP contribution in [0, 0.1) is 6.92 Å². The average molecular weight is 350 g/mol.